The van der Waals surface area contributed by atoms with Gasteiger partial charge in [0, 0.05) is 0 Å². The van der Waals surface area contributed by atoms with E-state index in [1.807, 2.05) is 69.5 Å². The standard InChI is InChI=1S/C12H16B/c1-4-5-6-9-12(2)10-7-8-11-13-3/h4-11H,2H2,1,3H3/b5-4-,9-6-,10-7-,11-8-. The molecule has 0 bridgehead atoms. The van der Waals surface area contributed by atoms with Crippen molar-refractivity contribution < 1.29 is 0 Å². The maximum absolute atomic E-state index is 3.87. The summed E-state index contributed by atoms with van der Waals surface area (Å²) in [5, 5.41) is 0. The van der Waals surface area contributed by atoms with E-state index in [2.05, 4.69) is 6.58 Å². The highest BCUT2D eigenvalue weighted by molar-refractivity contribution is 6.40. The first-order valence-corrected chi connectivity index (χ1v) is 4.42. The first kappa shape index (κ1) is 11.8. The molecule has 0 saturated carbocycles. The van der Waals surface area contributed by atoms with Crippen molar-refractivity contribution in [3.63, 3.8) is 0 Å². The van der Waals surface area contributed by atoms with Crippen molar-refractivity contribution in [3.05, 3.63) is 60.7 Å². The molecule has 0 heterocycles. The van der Waals surface area contributed by atoms with Crippen LogP contribution in [-0.4, -0.2) is 7.28 Å². The van der Waals surface area contributed by atoms with E-state index in [0.29, 0.717) is 0 Å². The summed E-state index contributed by atoms with van der Waals surface area (Å²) in [6.07, 6.45) is 13.8. The van der Waals surface area contributed by atoms with Crippen LogP contribution in [0, 0.1) is 0 Å². The van der Waals surface area contributed by atoms with Crippen LogP contribution in [-0.2, 0) is 0 Å². The monoisotopic (exact) mass is 171 g/mol. The maximum atomic E-state index is 3.87. The molecule has 0 amide bonds. The molecule has 0 saturated heterocycles. The Morgan fingerprint density at radius 1 is 1.08 bits per heavy atom. The fraction of sp³-hybridized carbons (Fsp3) is 0.167. The summed E-state index contributed by atoms with van der Waals surface area (Å²) in [5.41, 5.74) is 0.999. The van der Waals surface area contributed by atoms with E-state index >= 15 is 0 Å². The third-order valence-electron chi connectivity index (χ3n) is 1.34. The minimum Gasteiger partial charge on any atom is -0.123 e. The highest BCUT2D eigenvalue weighted by Gasteiger charge is 1.75. The lowest BCUT2D eigenvalue weighted by Gasteiger charge is -1.85. The second-order valence-corrected chi connectivity index (χ2v) is 2.54. The first-order chi connectivity index (χ1) is 6.31. The van der Waals surface area contributed by atoms with Gasteiger partial charge >= 0.3 is 0 Å². The van der Waals surface area contributed by atoms with Crippen molar-refractivity contribution >= 4 is 7.28 Å². The average Bonchev–Trinajstić information content (AvgIpc) is 2.13. The Bertz CT molecular complexity index is 242. The molecule has 0 spiro atoms. The lowest BCUT2D eigenvalue weighted by atomic mass is 9.82. The molecule has 0 unspecified atom stereocenters. The molecule has 0 nitrogen and oxygen atoms in total. The SMILES string of the molecule is C=C(/C=C\C=C/C)/C=C\C=C/[B]C. The van der Waals surface area contributed by atoms with Gasteiger partial charge in [-0.15, -0.1) is 5.98 Å². The van der Waals surface area contributed by atoms with E-state index in [4.69, 9.17) is 0 Å². The van der Waals surface area contributed by atoms with E-state index in [9.17, 15) is 0 Å². The highest BCUT2D eigenvalue weighted by Crippen LogP contribution is 1.95. The van der Waals surface area contributed by atoms with Crippen LogP contribution in [0.25, 0.3) is 0 Å². The van der Waals surface area contributed by atoms with Crippen LogP contribution in [0.2, 0.25) is 6.82 Å². The van der Waals surface area contributed by atoms with Gasteiger partial charge in [0.2, 0.25) is 0 Å². The molecular formula is C12H16B. The lowest BCUT2D eigenvalue weighted by molar-refractivity contribution is 1.69. The summed E-state index contributed by atoms with van der Waals surface area (Å²) in [7, 11) is 1.99. The summed E-state index contributed by atoms with van der Waals surface area (Å²) in [6, 6.07) is 0. The molecule has 13 heavy (non-hydrogen) atoms. The molecule has 0 aromatic heterocycles. The molecule has 0 aliphatic rings. The van der Waals surface area contributed by atoms with Gasteiger partial charge in [-0.3, -0.25) is 0 Å². The Hall–Kier alpha value is -1.24. The Balaban J connectivity index is 3.86. The number of hydrogen-bond acceptors (Lipinski definition) is 0. The molecule has 0 atom stereocenters. The molecule has 0 rings (SSSR count). The quantitative estimate of drug-likeness (QED) is 0.438. The fourth-order valence-electron chi connectivity index (χ4n) is 0.700. The summed E-state index contributed by atoms with van der Waals surface area (Å²) >= 11 is 0. The van der Waals surface area contributed by atoms with E-state index in [-0.39, 0.29) is 0 Å². The van der Waals surface area contributed by atoms with Gasteiger partial charge in [0.1, 0.15) is 7.28 Å². The second kappa shape index (κ2) is 8.86. The molecule has 67 valence electrons. The Kier molecular flexibility index (Phi) is 8.02. The lowest BCUT2D eigenvalue weighted by Crippen LogP contribution is -1.68. The fourth-order valence-corrected chi connectivity index (χ4v) is 0.700. The van der Waals surface area contributed by atoms with Gasteiger partial charge in [-0.1, -0.05) is 55.9 Å². The molecule has 1 heteroatoms. The van der Waals surface area contributed by atoms with E-state index in [1.165, 1.54) is 0 Å². The molecule has 0 aliphatic heterocycles. The average molecular weight is 171 g/mol. The predicted octanol–water partition coefficient (Wildman–Crippen LogP) is 3.50. The molecule has 0 aromatic rings. The second-order valence-electron chi connectivity index (χ2n) is 2.54. The van der Waals surface area contributed by atoms with Crippen LogP contribution in [0.15, 0.2) is 60.7 Å². The van der Waals surface area contributed by atoms with Crippen molar-refractivity contribution in [2.45, 2.75) is 13.7 Å². The Labute approximate surface area is 82.3 Å². The predicted molar refractivity (Wildman–Crippen MR) is 63.0 cm³/mol. The van der Waals surface area contributed by atoms with E-state index < -0.39 is 0 Å². The van der Waals surface area contributed by atoms with Gasteiger partial charge in [0.25, 0.3) is 0 Å². The van der Waals surface area contributed by atoms with E-state index in [0.717, 1.165) is 5.57 Å². The smallest absolute Gasteiger partial charge is 0.123 e. The van der Waals surface area contributed by atoms with Crippen LogP contribution in [0.5, 0.6) is 0 Å². The summed E-state index contributed by atoms with van der Waals surface area (Å²) in [5.74, 6) is 1.99. The van der Waals surface area contributed by atoms with Gasteiger partial charge in [0.15, 0.2) is 0 Å². The zero-order valence-corrected chi connectivity index (χ0v) is 8.40. The van der Waals surface area contributed by atoms with Crippen molar-refractivity contribution in [1.82, 2.24) is 0 Å². The normalized spacial score (nSPS) is 12.5. The van der Waals surface area contributed by atoms with Crippen LogP contribution >= 0.6 is 0 Å². The van der Waals surface area contributed by atoms with Gasteiger partial charge < -0.3 is 0 Å². The number of rotatable bonds is 5. The van der Waals surface area contributed by atoms with Crippen molar-refractivity contribution in [2.24, 2.45) is 0 Å². The van der Waals surface area contributed by atoms with Crippen LogP contribution in [0.4, 0.5) is 0 Å². The summed E-state index contributed by atoms with van der Waals surface area (Å²) < 4.78 is 0. The molecule has 0 aliphatic carbocycles. The Morgan fingerprint density at radius 3 is 2.23 bits per heavy atom. The van der Waals surface area contributed by atoms with Gasteiger partial charge in [-0.05, 0) is 12.5 Å². The Morgan fingerprint density at radius 2 is 1.69 bits per heavy atom. The van der Waals surface area contributed by atoms with E-state index in [1.54, 1.807) is 0 Å². The third-order valence-corrected chi connectivity index (χ3v) is 1.34. The molecule has 0 aromatic carbocycles. The molecule has 1 radical (unpaired) electrons. The topological polar surface area (TPSA) is 0 Å². The van der Waals surface area contributed by atoms with Crippen LogP contribution in [0.3, 0.4) is 0 Å². The van der Waals surface area contributed by atoms with Gasteiger partial charge in [-0.25, -0.2) is 0 Å². The summed E-state index contributed by atoms with van der Waals surface area (Å²) in [4.78, 5) is 0. The first-order valence-electron chi connectivity index (χ1n) is 4.42. The van der Waals surface area contributed by atoms with Crippen molar-refractivity contribution in [1.29, 1.82) is 0 Å². The number of allylic oxidation sites excluding steroid dienone is 8. The molecule has 0 fully saturated rings. The van der Waals surface area contributed by atoms with Crippen LogP contribution < -0.4 is 0 Å². The maximum Gasteiger partial charge on any atom is 0.137 e. The zero-order valence-electron chi connectivity index (χ0n) is 8.40. The number of hydrogen-bond donors (Lipinski definition) is 0. The summed E-state index contributed by atoms with van der Waals surface area (Å²) in [6.45, 7) is 7.85. The van der Waals surface area contributed by atoms with Crippen molar-refractivity contribution in [3.8, 4) is 0 Å². The third kappa shape index (κ3) is 8.67. The van der Waals surface area contributed by atoms with Gasteiger partial charge in [-0.2, -0.15) is 0 Å². The largest absolute Gasteiger partial charge is 0.137 e. The molecule has 0 N–H and O–H groups in total. The van der Waals surface area contributed by atoms with Gasteiger partial charge in [0.05, 0.1) is 0 Å². The van der Waals surface area contributed by atoms with Crippen molar-refractivity contribution in [2.75, 3.05) is 0 Å². The minimum atomic E-state index is 0.999. The minimum absolute atomic E-state index is 0.999. The zero-order chi connectivity index (χ0) is 9.94. The highest BCUT2D eigenvalue weighted by atomic mass is 13.8. The molecular weight excluding hydrogens is 155 g/mol. The van der Waals surface area contributed by atoms with Crippen LogP contribution in [0.1, 0.15) is 6.92 Å².